The maximum atomic E-state index is 12.5. The predicted molar refractivity (Wildman–Crippen MR) is 88.9 cm³/mol. The van der Waals surface area contributed by atoms with Gasteiger partial charge < -0.3 is 4.74 Å². The molecule has 0 saturated heterocycles. The van der Waals surface area contributed by atoms with Gasteiger partial charge in [-0.3, -0.25) is 0 Å². The van der Waals surface area contributed by atoms with Gasteiger partial charge in [0.2, 0.25) is 0 Å². The Labute approximate surface area is 137 Å². The third-order valence-corrected chi connectivity index (χ3v) is 3.73. The van der Waals surface area contributed by atoms with Crippen LogP contribution in [0.5, 0.6) is 0 Å². The monoisotopic (exact) mass is 323 g/mol. The number of nitrogens with zero attached hydrogens (tertiary/aromatic N) is 2. The van der Waals surface area contributed by atoms with Gasteiger partial charge in [-0.2, -0.15) is 4.84 Å². The molecule has 0 saturated carbocycles. The molecule has 23 heavy (non-hydrogen) atoms. The lowest BCUT2D eigenvalue weighted by molar-refractivity contribution is -0.824. The van der Waals surface area contributed by atoms with Crippen molar-refractivity contribution in [2.24, 2.45) is 0 Å². The van der Waals surface area contributed by atoms with Gasteiger partial charge in [-0.15, -0.1) is 0 Å². The van der Waals surface area contributed by atoms with Crippen molar-refractivity contribution in [1.82, 2.24) is 0 Å². The first kappa shape index (κ1) is 18.9. The Bertz CT molecular complexity index is 511. The molecule has 0 heterocycles. The quantitative estimate of drug-likeness (QED) is 0.686. The fourth-order valence-electron chi connectivity index (χ4n) is 1.50. The molecule has 6 heteroatoms. The fourth-order valence-corrected chi connectivity index (χ4v) is 1.50. The van der Waals surface area contributed by atoms with Crippen molar-refractivity contribution < 1.29 is 19.4 Å². The summed E-state index contributed by atoms with van der Waals surface area (Å²) < 4.78 is 5.44. The van der Waals surface area contributed by atoms with E-state index in [1.807, 2.05) is 13.8 Å². The molecule has 0 aliphatic rings. The topological polar surface area (TPSA) is 58.8 Å². The normalized spacial score (nSPS) is 11.7. The molecule has 1 aromatic rings. The SMILES string of the molecule is CCC(C)(C)OC(=O)N(c1ccccc1)[N+](=O)OC(C)(C)CC. The van der Waals surface area contributed by atoms with Gasteiger partial charge in [0.05, 0.1) is 5.01 Å². The highest BCUT2D eigenvalue weighted by molar-refractivity contribution is 5.85. The summed E-state index contributed by atoms with van der Waals surface area (Å²) in [5, 5.41) is 1.06. The van der Waals surface area contributed by atoms with E-state index in [1.54, 1.807) is 58.0 Å². The molecule has 6 nitrogen and oxygen atoms in total. The van der Waals surface area contributed by atoms with Crippen LogP contribution in [0, 0.1) is 4.91 Å². The number of hydrazine groups is 1. The summed E-state index contributed by atoms with van der Waals surface area (Å²) in [6, 6.07) is 8.56. The predicted octanol–water partition coefficient (Wildman–Crippen LogP) is 4.63. The Balaban J connectivity index is 3.08. The average Bonchev–Trinajstić information content (AvgIpc) is 2.47. The van der Waals surface area contributed by atoms with Gasteiger partial charge in [-0.05, 0) is 52.7 Å². The molecular weight excluding hydrogens is 296 g/mol. The molecule has 0 aliphatic carbocycles. The van der Waals surface area contributed by atoms with Crippen LogP contribution < -0.4 is 5.01 Å². The lowest BCUT2D eigenvalue weighted by Gasteiger charge is -2.25. The van der Waals surface area contributed by atoms with Crippen molar-refractivity contribution in [2.75, 3.05) is 5.01 Å². The molecule has 0 aromatic heterocycles. The Hall–Kier alpha value is -2.11. The summed E-state index contributed by atoms with van der Waals surface area (Å²) >= 11 is 0. The van der Waals surface area contributed by atoms with Crippen LogP contribution in [-0.4, -0.2) is 22.3 Å². The number of anilines is 1. The molecule has 0 spiro atoms. The van der Waals surface area contributed by atoms with Crippen LogP contribution in [0.25, 0.3) is 0 Å². The van der Waals surface area contributed by atoms with Gasteiger partial charge in [0, 0.05) is 0 Å². The molecule has 0 bridgehead atoms. The molecule has 0 unspecified atom stereocenters. The molecule has 0 atom stereocenters. The third kappa shape index (κ3) is 5.54. The zero-order valence-corrected chi connectivity index (χ0v) is 14.8. The molecule has 128 valence electrons. The number of carbonyl (C=O) groups excluding carboxylic acids is 1. The van der Waals surface area contributed by atoms with Gasteiger partial charge in [0.1, 0.15) is 16.2 Å². The first-order valence-corrected chi connectivity index (χ1v) is 7.86. The van der Waals surface area contributed by atoms with Crippen LogP contribution in [0.2, 0.25) is 0 Å². The van der Waals surface area contributed by atoms with Crippen LogP contribution in [0.15, 0.2) is 30.3 Å². The average molecular weight is 323 g/mol. The van der Waals surface area contributed by atoms with Gasteiger partial charge in [0.15, 0.2) is 5.60 Å². The summed E-state index contributed by atoms with van der Waals surface area (Å²) in [7, 11) is 0. The Morgan fingerprint density at radius 1 is 1.04 bits per heavy atom. The van der Waals surface area contributed by atoms with Crippen LogP contribution in [0.3, 0.4) is 0 Å². The Morgan fingerprint density at radius 3 is 2.04 bits per heavy atom. The summed E-state index contributed by atoms with van der Waals surface area (Å²) in [6.45, 7) is 11.0. The van der Waals surface area contributed by atoms with E-state index in [9.17, 15) is 9.70 Å². The highest BCUT2D eigenvalue weighted by Gasteiger charge is 2.41. The number of rotatable bonds is 7. The van der Waals surface area contributed by atoms with E-state index in [2.05, 4.69) is 0 Å². The maximum Gasteiger partial charge on any atom is 0.476 e. The van der Waals surface area contributed by atoms with Crippen LogP contribution >= 0.6 is 0 Å². The van der Waals surface area contributed by atoms with Crippen LogP contribution in [-0.2, 0) is 9.57 Å². The molecule has 0 aliphatic heterocycles. The van der Waals surface area contributed by atoms with E-state index >= 15 is 0 Å². The number of amides is 1. The number of hydrogen-bond acceptors (Lipinski definition) is 4. The minimum absolute atomic E-state index is 0.201. The second-order valence-corrected chi connectivity index (χ2v) is 6.57. The Morgan fingerprint density at radius 2 is 1.57 bits per heavy atom. The smallest absolute Gasteiger partial charge is 0.439 e. The highest BCUT2D eigenvalue weighted by atomic mass is 16.8. The summed E-state index contributed by atoms with van der Waals surface area (Å²) in [5.41, 5.74) is -0.994. The number of benzene rings is 1. The largest absolute Gasteiger partial charge is 0.476 e. The van der Waals surface area contributed by atoms with Crippen molar-refractivity contribution in [3.63, 3.8) is 0 Å². The lowest BCUT2D eigenvalue weighted by Crippen LogP contribution is -2.46. The highest BCUT2D eigenvalue weighted by Crippen LogP contribution is 2.22. The second-order valence-electron chi connectivity index (χ2n) is 6.57. The molecule has 1 amide bonds. The van der Waals surface area contributed by atoms with Crippen molar-refractivity contribution in [2.45, 2.75) is 65.6 Å². The first-order chi connectivity index (χ1) is 10.6. The van der Waals surface area contributed by atoms with Gasteiger partial charge >= 0.3 is 11.1 Å². The molecule has 0 fully saturated rings. The minimum Gasteiger partial charge on any atom is -0.439 e. The van der Waals surface area contributed by atoms with Crippen molar-refractivity contribution in [3.8, 4) is 0 Å². The number of hydrogen-bond donors (Lipinski definition) is 0. The van der Waals surface area contributed by atoms with E-state index in [0.29, 0.717) is 18.5 Å². The van der Waals surface area contributed by atoms with Gasteiger partial charge in [-0.25, -0.2) is 4.79 Å². The standard InChI is InChI=1S/C17H27N2O4/c1-7-16(3,4)22-15(20)18(14-12-10-9-11-13-14)19(21)23-17(5,6)8-2/h9-13H,7-8H2,1-6H3/q+1. The van der Waals surface area contributed by atoms with Crippen LogP contribution in [0.4, 0.5) is 10.5 Å². The van der Waals surface area contributed by atoms with Crippen molar-refractivity contribution >= 4 is 11.8 Å². The van der Waals surface area contributed by atoms with Crippen molar-refractivity contribution in [1.29, 1.82) is 0 Å². The second kappa shape index (κ2) is 7.44. The number of para-hydroxylation sites is 1. The van der Waals surface area contributed by atoms with Gasteiger partial charge in [0.25, 0.3) is 0 Å². The van der Waals surface area contributed by atoms with Crippen LogP contribution in [0.1, 0.15) is 54.4 Å². The van der Waals surface area contributed by atoms with E-state index < -0.39 is 17.3 Å². The van der Waals surface area contributed by atoms with Gasteiger partial charge in [-0.1, -0.05) is 32.0 Å². The summed E-state index contributed by atoms with van der Waals surface area (Å²) in [5.74, 6) is 0. The summed E-state index contributed by atoms with van der Waals surface area (Å²) in [6.07, 6.45) is 0.468. The van der Waals surface area contributed by atoms with Crippen molar-refractivity contribution in [3.05, 3.63) is 35.2 Å². The zero-order chi connectivity index (χ0) is 17.7. The number of carbonyl (C=O) groups is 1. The Kier molecular flexibility index (Phi) is 6.12. The van der Waals surface area contributed by atoms with E-state index in [1.165, 1.54) is 0 Å². The first-order valence-electron chi connectivity index (χ1n) is 7.86. The lowest BCUT2D eigenvalue weighted by atomic mass is 10.1. The maximum absolute atomic E-state index is 12.5. The third-order valence-electron chi connectivity index (χ3n) is 3.73. The molecule has 1 aromatic carbocycles. The molecule has 0 radical (unpaired) electrons. The van der Waals surface area contributed by atoms with E-state index in [4.69, 9.17) is 9.57 Å². The molecular formula is C17H27N2O4+. The zero-order valence-electron chi connectivity index (χ0n) is 14.8. The summed E-state index contributed by atoms with van der Waals surface area (Å²) in [4.78, 5) is 30.3. The molecule has 1 rings (SSSR count). The number of ether oxygens (including phenoxy) is 1. The van der Waals surface area contributed by atoms with E-state index in [0.717, 1.165) is 5.01 Å². The van der Waals surface area contributed by atoms with E-state index in [-0.39, 0.29) is 5.03 Å². The minimum atomic E-state index is -0.773. The molecule has 0 N–H and O–H groups in total. The fraction of sp³-hybridized carbons (Fsp3) is 0.588.